The third kappa shape index (κ3) is 4.51. The number of carbonyl (C=O) groups excluding carboxylic acids is 2. The van der Waals surface area contributed by atoms with Crippen molar-refractivity contribution in [1.82, 2.24) is 25.4 Å². The smallest absolute Gasteiger partial charge is 0.366 e. The van der Waals surface area contributed by atoms with E-state index in [1.165, 1.54) is 6.08 Å². The number of pyridine rings is 1. The predicted molar refractivity (Wildman–Crippen MR) is 111 cm³/mol. The van der Waals surface area contributed by atoms with E-state index in [1.807, 2.05) is 25.2 Å². The summed E-state index contributed by atoms with van der Waals surface area (Å²) in [7, 11) is 0. The molecule has 1 saturated heterocycles. The topological polar surface area (TPSA) is 89.6 Å². The van der Waals surface area contributed by atoms with E-state index in [9.17, 15) is 22.8 Å². The molecule has 3 N–H and O–H groups in total. The van der Waals surface area contributed by atoms with Crippen LogP contribution in [0.1, 0.15) is 31.7 Å². The molecule has 1 fully saturated rings. The summed E-state index contributed by atoms with van der Waals surface area (Å²) in [5, 5.41) is 7.62. The highest BCUT2D eigenvalue weighted by Gasteiger charge is 2.42. The first-order chi connectivity index (χ1) is 15.1. The van der Waals surface area contributed by atoms with Gasteiger partial charge in [-0.15, -0.1) is 0 Å². The number of aromatic nitrogens is 1. The van der Waals surface area contributed by atoms with Crippen molar-refractivity contribution in [2.45, 2.75) is 44.4 Å². The molecule has 2 atom stereocenters. The van der Waals surface area contributed by atoms with Crippen molar-refractivity contribution in [2.75, 3.05) is 25.0 Å². The Hall–Kier alpha value is -3.24. The summed E-state index contributed by atoms with van der Waals surface area (Å²) in [6.45, 7) is 4.06. The SMILES string of the molecule is CC(C)c1ccc(NC(=O)N2C3=C(C=CC(C(=O)NCC(F)(F)F)N3)N3CCC2C3)nc1. The average molecular weight is 450 g/mol. The third-order valence-corrected chi connectivity index (χ3v) is 5.74. The van der Waals surface area contributed by atoms with Crippen molar-refractivity contribution in [2.24, 2.45) is 0 Å². The van der Waals surface area contributed by atoms with Crippen molar-refractivity contribution in [3.63, 3.8) is 0 Å². The van der Waals surface area contributed by atoms with Crippen LogP contribution in [0.3, 0.4) is 0 Å². The molecule has 3 aliphatic rings. The predicted octanol–water partition coefficient (Wildman–Crippen LogP) is 2.50. The number of amides is 3. The minimum absolute atomic E-state index is 0.124. The number of dihydropyridines is 1. The van der Waals surface area contributed by atoms with Gasteiger partial charge in [0.15, 0.2) is 0 Å². The fourth-order valence-corrected chi connectivity index (χ4v) is 4.05. The van der Waals surface area contributed by atoms with Crippen LogP contribution in [0.2, 0.25) is 0 Å². The van der Waals surface area contributed by atoms with Crippen LogP contribution in [-0.2, 0) is 4.79 Å². The van der Waals surface area contributed by atoms with Crippen molar-refractivity contribution in [3.05, 3.63) is 47.6 Å². The first-order valence-corrected chi connectivity index (χ1v) is 10.5. The Bertz CT molecular complexity index is 957. The molecule has 4 rings (SSSR count). The van der Waals surface area contributed by atoms with E-state index in [0.29, 0.717) is 24.1 Å². The van der Waals surface area contributed by atoms with Gasteiger partial charge < -0.3 is 15.5 Å². The maximum atomic E-state index is 13.2. The lowest BCUT2D eigenvalue weighted by molar-refractivity contribution is -0.138. The molecule has 11 heteroatoms. The Morgan fingerprint density at radius 3 is 2.75 bits per heavy atom. The van der Waals surface area contributed by atoms with Crippen molar-refractivity contribution in [3.8, 4) is 0 Å². The summed E-state index contributed by atoms with van der Waals surface area (Å²) in [6.07, 6.45) is 1.13. The van der Waals surface area contributed by atoms with Crippen LogP contribution in [0, 0.1) is 0 Å². The van der Waals surface area contributed by atoms with Crippen molar-refractivity contribution in [1.29, 1.82) is 0 Å². The number of nitrogens with zero attached hydrogens (tertiary/aromatic N) is 3. The van der Waals surface area contributed by atoms with Gasteiger partial charge in [-0.3, -0.25) is 15.0 Å². The van der Waals surface area contributed by atoms with Crippen LogP contribution in [-0.4, -0.2) is 64.6 Å². The number of carbonyl (C=O) groups is 2. The molecule has 2 unspecified atom stereocenters. The number of anilines is 1. The van der Waals surface area contributed by atoms with E-state index in [4.69, 9.17) is 0 Å². The van der Waals surface area contributed by atoms with Crippen LogP contribution in [0.15, 0.2) is 42.0 Å². The number of halogens is 3. The number of fused-ring (bicyclic) bond motifs is 3. The highest BCUT2D eigenvalue weighted by molar-refractivity contribution is 5.91. The summed E-state index contributed by atoms with van der Waals surface area (Å²) in [6, 6.07) is 2.07. The molecule has 1 aromatic rings. The Morgan fingerprint density at radius 2 is 2.09 bits per heavy atom. The summed E-state index contributed by atoms with van der Waals surface area (Å²) in [5.74, 6) is 0.298. The summed E-state index contributed by atoms with van der Waals surface area (Å²) < 4.78 is 37.4. The van der Waals surface area contributed by atoms with Gasteiger partial charge in [0.05, 0.1) is 11.7 Å². The summed E-state index contributed by atoms with van der Waals surface area (Å²) in [4.78, 5) is 33.4. The van der Waals surface area contributed by atoms with Crippen LogP contribution in [0.5, 0.6) is 0 Å². The second kappa shape index (κ2) is 8.36. The zero-order valence-corrected chi connectivity index (χ0v) is 17.7. The zero-order chi connectivity index (χ0) is 23.0. The highest BCUT2D eigenvalue weighted by atomic mass is 19.4. The zero-order valence-electron chi connectivity index (χ0n) is 17.7. The number of rotatable bonds is 4. The largest absolute Gasteiger partial charge is 0.405 e. The molecule has 2 bridgehead atoms. The van der Waals surface area contributed by atoms with Crippen LogP contribution >= 0.6 is 0 Å². The van der Waals surface area contributed by atoms with Gasteiger partial charge in [-0.05, 0) is 30.0 Å². The van der Waals surface area contributed by atoms with E-state index < -0.39 is 30.7 Å². The quantitative estimate of drug-likeness (QED) is 0.656. The van der Waals surface area contributed by atoms with E-state index in [-0.39, 0.29) is 6.04 Å². The molecule has 3 amide bonds. The molecule has 0 aliphatic carbocycles. The molecular weight excluding hydrogens is 425 g/mol. The molecule has 4 heterocycles. The molecule has 8 nitrogen and oxygen atoms in total. The Balaban J connectivity index is 1.51. The van der Waals surface area contributed by atoms with Gasteiger partial charge in [0.2, 0.25) is 5.91 Å². The van der Waals surface area contributed by atoms with Crippen molar-refractivity contribution < 1.29 is 22.8 Å². The third-order valence-electron chi connectivity index (χ3n) is 5.74. The molecule has 1 aromatic heterocycles. The minimum Gasteiger partial charge on any atom is -0.366 e. The Kier molecular flexibility index (Phi) is 5.74. The number of allylic oxidation sites excluding steroid dienone is 1. The van der Waals surface area contributed by atoms with E-state index in [0.717, 1.165) is 24.2 Å². The summed E-state index contributed by atoms with van der Waals surface area (Å²) in [5.41, 5.74) is 1.78. The van der Waals surface area contributed by atoms with E-state index in [2.05, 4.69) is 20.5 Å². The van der Waals surface area contributed by atoms with E-state index in [1.54, 1.807) is 23.2 Å². The monoisotopic (exact) mass is 450 g/mol. The van der Waals surface area contributed by atoms with Gasteiger partial charge in [-0.1, -0.05) is 26.0 Å². The molecule has 172 valence electrons. The number of urea groups is 1. The lowest BCUT2D eigenvalue weighted by Gasteiger charge is -2.40. The molecule has 32 heavy (non-hydrogen) atoms. The number of hydrogen-bond donors (Lipinski definition) is 3. The fraction of sp³-hybridized carbons (Fsp3) is 0.476. The molecular formula is C21H25F3N6O2. The van der Waals surface area contributed by atoms with Gasteiger partial charge in [0, 0.05) is 19.3 Å². The first-order valence-electron chi connectivity index (χ1n) is 10.5. The molecule has 0 spiro atoms. The molecule has 0 saturated carbocycles. The van der Waals surface area contributed by atoms with Crippen LogP contribution < -0.4 is 16.0 Å². The minimum atomic E-state index is -4.50. The molecule has 0 aromatic carbocycles. The Morgan fingerprint density at radius 1 is 1.31 bits per heavy atom. The van der Waals surface area contributed by atoms with Crippen molar-refractivity contribution >= 4 is 17.8 Å². The Labute approximate surface area is 183 Å². The average Bonchev–Trinajstić information content (AvgIpc) is 3.15. The van der Waals surface area contributed by atoms with Gasteiger partial charge in [-0.25, -0.2) is 9.78 Å². The maximum Gasteiger partial charge on any atom is 0.405 e. The molecule has 0 radical (unpaired) electrons. The van der Waals surface area contributed by atoms with E-state index >= 15 is 0 Å². The lowest BCUT2D eigenvalue weighted by Crippen LogP contribution is -2.56. The molecule has 3 aliphatic heterocycles. The van der Waals surface area contributed by atoms with Gasteiger partial charge in [-0.2, -0.15) is 13.2 Å². The first kappa shape index (κ1) is 22.0. The second-order valence-corrected chi connectivity index (χ2v) is 8.37. The number of nitrogens with one attached hydrogen (secondary N) is 3. The van der Waals surface area contributed by atoms with Crippen LogP contribution in [0.25, 0.3) is 0 Å². The highest BCUT2D eigenvalue weighted by Crippen LogP contribution is 2.33. The van der Waals surface area contributed by atoms with Crippen LogP contribution in [0.4, 0.5) is 23.8 Å². The fourth-order valence-electron chi connectivity index (χ4n) is 4.05. The summed E-state index contributed by atoms with van der Waals surface area (Å²) >= 11 is 0. The van der Waals surface area contributed by atoms with Gasteiger partial charge >= 0.3 is 12.2 Å². The lowest BCUT2D eigenvalue weighted by atomic mass is 10.1. The number of alkyl halides is 3. The maximum absolute atomic E-state index is 13.2. The number of hydrogen-bond acceptors (Lipinski definition) is 5. The standard InChI is InChI=1S/C21H25F3N6O2/c1-12(2)13-3-6-17(25-9-13)28-20(32)30-14-7-8-29(10-14)16-5-4-15(27-18(16)30)19(31)26-11-21(22,23)24/h3-6,9,12,14-15,27H,7-8,10-11H2,1-2H3,(H,26,31)(H,25,28,32). The van der Waals surface area contributed by atoms with Gasteiger partial charge in [0.25, 0.3) is 0 Å². The normalized spacial score (nSPS) is 22.1. The van der Waals surface area contributed by atoms with Gasteiger partial charge in [0.1, 0.15) is 24.2 Å². The second-order valence-electron chi connectivity index (χ2n) is 8.37.